The molecule has 1 fully saturated rings. The van der Waals surface area contributed by atoms with Gasteiger partial charge in [-0.05, 0) is 35.2 Å². The van der Waals surface area contributed by atoms with Crippen molar-refractivity contribution in [3.05, 3.63) is 143 Å². The summed E-state index contributed by atoms with van der Waals surface area (Å²) in [5.74, 6) is -1.06. The lowest BCUT2D eigenvalue weighted by atomic mass is 9.95. The molecule has 5 atom stereocenters. The highest BCUT2D eigenvalue weighted by Gasteiger charge is 2.54. The highest BCUT2D eigenvalue weighted by atomic mass is 16.7. The zero-order valence-electron chi connectivity index (χ0n) is 27.5. The molecule has 0 bridgehead atoms. The molecule has 6 rings (SSSR count). The highest BCUT2D eigenvalue weighted by molar-refractivity contribution is 6.21. The predicted octanol–water partition coefficient (Wildman–Crippen LogP) is 4.87. The van der Waals surface area contributed by atoms with E-state index in [1.54, 1.807) is 24.3 Å². The molecule has 0 saturated carbocycles. The number of rotatable bonds is 15. The molecule has 0 spiro atoms. The Hall–Kier alpha value is -4.91. The quantitative estimate of drug-likeness (QED) is 0.133. The number of aliphatic hydroxyl groups is 1. The minimum atomic E-state index is -1.29. The minimum absolute atomic E-state index is 0.00916. The van der Waals surface area contributed by atoms with E-state index in [1.807, 2.05) is 91.0 Å². The van der Waals surface area contributed by atoms with E-state index in [-0.39, 0.29) is 50.7 Å². The molecule has 2 heterocycles. The smallest absolute Gasteiger partial charge is 0.407 e. The number of hydrogen-bond donors (Lipinski definition) is 2. The summed E-state index contributed by atoms with van der Waals surface area (Å²) >= 11 is 0. The number of carbonyl (C=O) groups excluding carboxylic acids is 3. The number of nitrogens with one attached hydrogen (secondary N) is 1. The Kier molecular flexibility index (Phi) is 12.0. The first-order valence-corrected chi connectivity index (χ1v) is 16.6. The molecular weight excluding hydrogens is 640 g/mol. The summed E-state index contributed by atoms with van der Waals surface area (Å²) in [6.45, 7) is 0.830. The molecule has 3 amide bonds. The van der Waals surface area contributed by atoms with Crippen molar-refractivity contribution >= 4 is 17.9 Å². The minimum Gasteiger partial charge on any atom is -0.445 e. The third-order valence-electron chi connectivity index (χ3n) is 8.53. The number of nitrogens with zero attached hydrogens (tertiary/aromatic N) is 1. The average molecular weight is 681 g/mol. The zero-order chi connectivity index (χ0) is 34.7. The van der Waals surface area contributed by atoms with Crippen LogP contribution in [0.2, 0.25) is 0 Å². The average Bonchev–Trinajstić information content (AvgIpc) is 3.40. The first kappa shape index (κ1) is 34.9. The third-order valence-corrected chi connectivity index (χ3v) is 8.53. The maximum absolute atomic E-state index is 13.8. The van der Waals surface area contributed by atoms with E-state index >= 15 is 0 Å². The Balaban J connectivity index is 1.17. The number of fused-ring (bicyclic) bond motifs is 1. The number of amides is 3. The molecule has 4 aromatic rings. The van der Waals surface area contributed by atoms with E-state index < -0.39 is 48.6 Å². The molecule has 4 aromatic carbocycles. The van der Waals surface area contributed by atoms with Gasteiger partial charge in [0.2, 0.25) is 0 Å². The van der Waals surface area contributed by atoms with Crippen molar-refractivity contribution in [1.29, 1.82) is 0 Å². The molecule has 2 aliphatic rings. The van der Waals surface area contributed by atoms with E-state index in [9.17, 15) is 19.5 Å². The van der Waals surface area contributed by atoms with Gasteiger partial charge in [0, 0.05) is 6.54 Å². The highest BCUT2D eigenvalue weighted by Crippen LogP contribution is 2.34. The Morgan fingerprint density at radius 3 is 1.86 bits per heavy atom. The number of ether oxygens (including phenoxy) is 5. The van der Waals surface area contributed by atoms with E-state index in [1.165, 1.54) is 0 Å². The molecule has 2 N–H and O–H groups in total. The number of hydrogen-bond acceptors (Lipinski definition) is 9. The van der Waals surface area contributed by atoms with E-state index in [0.717, 1.165) is 21.6 Å². The Labute approximate surface area is 290 Å². The molecule has 260 valence electrons. The Bertz CT molecular complexity index is 1670. The zero-order valence-corrected chi connectivity index (χ0v) is 27.5. The van der Waals surface area contributed by atoms with Crippen molar-refractivity contribution in [2.75, 3.05) is 19.8 Å². The van der Waals surface area contributed by atoms with Crippen LogP contribution >= 0.6 is 0 Å². The van der Waals surface area contributed by atoms with Gasteiger partial charge in [-0.3, -0.25) is 14.5 Å². The van der Waals surface area contributed by atoms with Crippen LogP contribution in [0.25, 0.3) is 0 Å². The van der Waals surface area contributed by atoms with Gasteiger partial charge in [0.15, 0.2) is 6.29 Å². The summed E-state index contributed by atoms with van der Waals surface area (Å²) < 4.78 is 30.2. The van der Waals surface area contributed by atoms with Gasteiger partial charge in [0.05, 0.1) is 37.6 Å². The van der Waals surface area contributed by atoms with Gasteiger partial charge in [0.25, 0.3) is 11.8 Å². The molecule has 0 unspecified atom stereocenters. The van der Waals surface area contributed by atoms with Gasteiger partial charge >= 0.3 is 6.09 Å². The predicted molar refractivity (Wildman–Crippen MR) is 182 cm³/mol. The van der Waals surface area contributed by atoms with Crippen LogP contribution in [0.4, 0.5) is 4.79 Å². The lowest BCUT2D eigenvalue weighted by molar-refractivity contribution is -0.290. The molecule has 0 aliphatic carbocycles. The Morgan fingerprint density at radius 2 is 1.26 bits per heavy atom. The van der Waals surface area contributed by atoms with E-state index in [0.29, 0.717) is 6.42 Å². The van der Waals surface area contributed by atoms with Crippen molar-refractivity contribution in [3.8, 4) is 0 Å². The van der Waals surface area contributed by atoms with Gasteiger partial charge in [-0.2, -0.15) is 0 Å². The maximum atomic E-state index is 13.8. The normalized spacial score (nSPS) is 21.5. The topological polar surface area (TPSA) is 133 Å². The molecule has 50 heavy (non-hydrogen) atoms. The number of imide groups is 1. The number of alkyl carbamates (subject to hydrolysis) is 1. The van der Waals surface area contributed by atoms with Crippen LogP contribution in [0.15, 0.2) is 115 Å². The first-order valence-electron chi connectivity index (χ1n) is 16.6. The van der Waals surface area contributed by atoms with Crippen molar-refractivity contribution in [2.24, 2.45) is 0 Å². The SMILES string of the molecule is O=C(NCCCO[C@@H]1O[C@H](COCc2ccccc2)[C@@H](O)[C@H](OCc2ccccc2)[C@H]1N1C(=O)c2ccccc2C1=O)OCc1ccccc1. The molecule has 11 nitrogen and oxygen atoms in total. The summed E-state index contributed by atoms with van der Waals surface area (Å²) in [6.07, 6.45) is -4.68. The van der Waals surface area contributed by atoms with Crippen LogP contribution in [0, 0.1) is 0 Å². The largest absolute Gasteiger partial charge is 0.445 e. The van der Waals surface area contributed by atoms with Crippen LogP contribution in [0.1, 0.15) is 43.8 Å². The molecule has 2 aliphatic heterocycles. The van der Waals surface area contributed by atoms with Crippen LogP contribution in [0.5, 0.6) is 0 Å². The lowest BCUT2D eigenvalue weighted by Gasteiger charge is -2.46. The number of aliphatic hydroxyl groups excluding tert-OH is 1. The fourth-order valence-corrected chi connectivity index (χ4v) is 5.99. The monoisotopic (exact) mass is 680 g/mol. The molecule has 11 heteroatoms. The second-order valence-electron chi connectivity index (χ2n) is 12.0. The Morgan fingerprint density at radius 1 is 0.720 bits per heavy atom. The fourth-order valence-electron chi connectivity index (χ4n) is 5.99. The van der Waals surface area contributed by atoms with Crippen molar-refractivity contribution in [1.82, 2.24) is 10.2 Å². The number of carbonyl (C=O) groups is 3. The van der Waals surface area contributed by atoms with Gasteiger partial charge in [-0.25, -0.2) is 4.79 Å². The molecule has 1 saturated heterocycles. The summed E-state index contributed by atoms with van der Waals surface area (Å²) in [5.41, 5.74) is 3.15. The summed E-state index contributed by atoms with van der Waals surface area (Å²) in [5, 5.41) is 14.5. The van der Waals surface area contributed by atoms with Gasteiger partial charge in [-0.15, -0.1) is 0 Å². The summed E-state index contributed by atoms with van der Waals surface area (Å²) in [7, 11) is 0. The van der Waals surface area contributed by atoms with Crippen LogP contribution in [-0.4, -0.2) is 78.3 Å². The van der Waals surface area contributed by atoms with Crippen molar-refractivity contribution in [2.45, 2.75) is 56.9 Å². The lowest BCUT2D eigenvalue weighted by Crippen LogP contribution is -2.66. The molecule has 0 radical (unpaired) electrons. The van der Waals surface area contributed by atoms with Crippen molar-refractivity contribution in [3.63, 3.8) is 0 Å². The van der Waals surface area contributed by atoms with Gasteiger partial charge in [-0.1, -0.05) is 103 Å². The second kappa shape index (κ2) is 17.1. The van der Waals surface area contributed by atoms with Crippen LogP contribution < -0.4 is 5.32 Å². The van der Waals surface area contributed by atoms with Crippen LogP contribution in [0.3, 0.4) is 0 Å². The van der Waals surface area contributed by atoms with E-state index in [4.69, 9.17) is 23.7 Å². The summed E-state index contributed by atoms with van der Waals surface area (Å²) in [4.78, 5) is 40.9. The molecular formula is C39H40N2O9. The van der Waals surface area contributed by atoms with Crippen molar-refractivity contribution < 1.29 is 43.2 Å². The van der Waals surface area contributed by atoms with E-state index in [2.05, 4.69) is 5.32 Å². The first-order chi connectivity index (χ1) is 24.5. The standard InChI is InChI=1S/C39H40N2O9/c42-34-32(26-46-23-27-13-4-1-5-14-27)50-38(47-22-12-21-40-39(45)49-25-29-17-8-3-9-18-29)33(35(34)48-24-28-15-6-2-7-16-28)41-36(43)30-19-10-11-20-31(30)37(41)44/h1-11,13-20,32-35,38,42H,12,21-26H2,(H,40,45)/t32-,33-,34-,35-,38-/m1/s1. The fraction of sp³-hybridized carbons (Fsp3) is 0.308. The third kappa shape index (κ3) is 8.62. The van der Waals surface area contributed by atoms with Gasteiger partial charge in [0.1, 0.15) is 31.0 Å². The van der Waals surface area contributed by atoms with Gasteiger partial charge < -0.3 is 34.1 Å². The maximum Gasteiger partial charge on any atom is 0.407 e. The van der Waals surface area contributed by atoms with Crippen LogP contribution in [-0.2, 0) is 43.5 Å². The molecule has 0 aromatic heterocycles. The second-order valence-corrected chi connectivity index (χ2v) is 12.0. The summed E-state index contributed by atoms with van der Waals surface area (Å²) in [6, 6.07) is 33.8. The number of benzene rings is 4.